The van der Waals surface area contributed by atoms with Crippen molar-refractivity contribution in [1.82, 2.24) is 5.32 Å². The van der Waals surface area contributed by atoms with Gasteiger partial charge in [-0.25, -0.2) is 4.39 Å². The minimum atomic E-state index is -0.158. The first-order valence-electron chi connectivity index (χ1n) is 6.25. The zero-order valence-electron chi connectivity index (χ0n) is 10.8. The first-order chi connectivity index (χ1) is 8.08. The molecule has 0 amide bonds. The number of hydrogen-bond acceptors (Lipinski definition) is 1. The summed E-state index contributed by atoms with van der Waals surface area (Å²) in [4.78, 5) is 0. The molecule has 0 saturated carbocycles. The van der Waals surface area contributed by atoms with Crippen molar-refractivity contribution in [2.24, 2.45) is 5.92 Å². The van der Waals surface area contributed by atoms with E-state index in [0.29, 0.717) is 12.0 Å². The van der Waals surface area contributed by atoms with Crippen LogP contribution in [-0.2, 0) is 6.42 Å². The minimum absolute atomic E-state index is 0.158. The van der Waals surface area contributed by atoms with Crippen LogP contribution in [-0.4, -0.2) is 12.6 Å². The van der Waals surface area contributed by atoms with Crippen LogP contribution < -0.4 is 5.32 Å². The lowest BCUT2D eigenvalue weighted by atomic mass is 9.91. The van der Waals surface area contributed by atoms with Gasteiger partial charge in [-0.3, -0.25) is 0 Å². The molecule has 96 valence electrons. The van der Waals surface area contributed by atoms with Crippen LogP contribution in [0, 0.1) is 11.7 Å². The molecule has 2 atom stereocenters. The molecule has 0 aliphatic carbocycles. The Morgan fingerprint density at radius 3 is 2.65 bits per heavy atom. The molecular formula is C14H21BrFN. The molecule has 0 spiro atoms. The van der Waals surface area contributed by atoms with Crippen LogP contribution in [0.25, 0.3) is 0 Å². The van der Waals surface area contributed by atoms with E-state index in [9.17, 15) is 4.39 Å². The standard InChI is InChI=1S/C14H21BrFN/c1-4-11(10(3)17-5-2)8-12-9-13(16)6-7-14(12)15/h6-7,9-11,17H,4-5,8H2,1-3H3. The fourth-order valence-electron chi connectivity index (χ4n) is 2.15. The van der Waals surface area contributed by atoms with E-state index >= 15 is 0 Å². The van der Waals surface area contributed by atoms with Gasteiger partial charge in [0.25, 0.3) is 0 Å². The van der Waals surface area contributed by atoms with Crippen LogP contribution in [0.15, 0.2) is 22.7 Å². The second-order valence-electron chi connectivity index (χ2n) is 4.45. The number of rotatable bonds is 6. The number of halogens is 2. The van der Waals surface area contributed by atoms with Gasteiger partial charge >= 0.3 is 0 Å². The van der Waals surface area contributed by atoms with Gasteiger partial charge in [0.15, 0.2) is 0 Å². The molecular weight excluding hydrogens is 281 g/mol. The number of nitrogens with one attached hydrogen (secondary N) is 1. The van der Waals surface area contributed by atoms with E-state index in [4.69, 9.17) is 0 Å². The molecule has 3 heteroatoms. The van der Waals surface area contributed by atoms with E-state index in [-0.39, 0.29) is 5.82 Å². The summed E-state index contributed by atoms with van der Waals surface area (Å²) in [6.45, 7) is 7.47. The third-order valence-electron chi connectivity index (χ3n) is 3.25. The van der Waals surface area contributed by atoms with Crippen LogP contribution in [0.3, 0.4) is 0 Å². The van der Waals surface area contributed by atoms with Gasteiger partial charge in [-0.2, -0.15) is 0 Å². The van der Waals surface area contributed by atoms with E-state index in [1.807, 2.05) is 0 Å². The van der Waals surface area contributed by atoms with Crippen molar-refractivity contribution in [3.63, 3.8) is 0 Å². The van der Waals surface area contributed by atoms with Crippen LogP contribution in [0.1, 0.15) is 32.8 Å². The second-order valence-corrected chi connectivity index (χ2v) is 5.31. The first-order valence-corrected chi connectivity index (χ1v) is 7.05. The second kappa shape index (κ2) is 7.12. The zero-order chi connectivity index (χ0) is 12.8. The predicted molar refractivity (Wildman–Crippen MR) is 74.7 cm³/mol. The lowest BCUT2D eigenvalue weighted by molar-refractivity contribution is 0.367. The van der Waals surface area contributed by atoms with Crippen molar-refractivity contribution in [2.45, 2.75) is 39.7 Å². The summed E-state index contributed by atoms with van der Waals surface area (Å²) in [6.07, 6.45) is 2.00. The molecule has 17 heavy (non-hydrogen) atoms. The van der Waals surface area contributed by atoms with Crippen LogP contribution in [0.4, 0.5) is 4.39 Å². The molecule has 0 heterocycles. The molecule has 0 saturated heterocycles. The van der Waals surface area contributed by atoms with Gasteiger partial charge in [-0.05, 0) is 49.6 Å². The molecule has 1 rings (SSSR count). The molecule has 0 radical (unpaired) electrons. The van der Waals surface area contributed by atoms with Gasteiger partial charge in [0.05, 0.1) is 0 Å². The summed E-state index contributed by atoms with van der Waals surface area (Å²) in [7, 11) is 0. The Morgan fingerprint density at radius 1 is 1.35 bits per heavy atom. The lowest BCUT2D eigenvalue weighted by Crippen LogP contribution is -2.34. The summed E-state index contributed by atoms with van der Waals surface area (Å²) in [5, 5.41) is 3.44. The summed E-state index contributed by atoms with van der Waals surface area (Å²) in [6, 6.07) is 5.36. The molecule has 1 aromatic rings. The quantitative estimate of drug-likeness (QED) is 0.832. The molecule has 0 aliphatic rings. The molecule has 2 unspecified atom stereocenters. The predicted octanol–water partition coefficient (Wildman–Crippen LogP) is 4.15. The molecule has 0 aliphatic heterocycles. The van der Waals surface area contributed by atoms with E-state index in [0.717, 1.165) is 29.4 Å². The van der Waals surface area contributed by atoms with Crippen molar-refractivity contribution in [1.29, 1.82) is 0 Å². The normalized spacial score (nSPS) is 14.6. The fourth-order valence-corrected chi connectivity index (χ4v) is 2.55. The van der Waals surface area contributed by atoms with Gasteiger partial charge in [0.1, 0.15) is 5.82 Å². The Balaban J connectivity index is 2.76. The fraction of sp³-hybridized carbons (Fsp3) is 0.571. The van der Waals surface area contributed by atoms with Crippen LogP contribution in [0.5, 0.6) is 0 Å². The number of hydrogen-bond donors (Lipinski definition) is 1. The largest absolute Gasteiger partial charge is 0.314 e. The Hall–Kier alpha value is -0.410. The average molecular weight is 302 g/mol. The Bertz CT molecular complexity index is 354. The third kappa shape index (κ3) is 4.40. The third-order valence-corrected chi connectivity index (χ3v) is 4.02. The van der Waals surface area contributed by atoms with Gasteiger partial charge in [0.2, 0.25) is 0 Å². The number of benzene rings is 1. The Morgan fingerprint density at radius 2 is 2.06 bits per heavy atom. The monoisotopic (exact) mass is 301 g/mol. The highest BCUT2D eigenvalue weighted by Gasteiger charge is 2.16. The van der Waals surface area contributed by atoms with E-state index in [1.165, 1.54) is 6.07 Å². The lowest BCUT2D eigenvalue weighted by Gasteiger charge is -2.24. The highest BCUT2D eigenvalue weighted by Crippen LogP contribution is 2.23. The highest BCUT2D eigenvalue weighted by atomic mass is 79.9. The van der Waals surface area contributed by atoms with Crippen molar-refractivity contribution >= 4 is 15.9 Å². The zero-order valence-corrected chi connectivity index (χ0v) is 12.3. The minimum Gasteiger partial charge on any atom is -0.314 e. The maximum atomic E-state index is 13.2. The SMILES string of the molecule is CCNC(C)C(CC)Cc1cc(F)ccc1Br. The first kappa shape index (κ1) is 14.7. The van der Waals surface area contributed by atoms with Crippen LogP contribution in [0.2, 0.25) is 0 Å². The van der Waals surface area contributed by atoms with Crippen molar-refractivity contribution in [3.8, 4) is 0 Å². The highest BCUT2D eigenvalue weighted by molar-refractivity contribution is 9.10. The average Bonchev–Trinajstić information content (AvgIpc) is 2.30. The molecule has 0 fully saturated rings. The Labute approximate surface area is 112 Å². The van der Waals surface area contributed by atoms with Gasteiger partial charge in [0, 0.05) is 10.5 Å². The summed E-state index contributed by atoms with van der Waals surface area (Å²) >= 11 is 3.49. The molecule has 0 aromatic heterocycles. The van der Waals surface area contributed by atoms with E-state index in [1.54, 1.807) is 12.1 Å². The smallest absolute Gasteiger partial charge is 0.123 e. The topological polar surface area (TPSA) is 12.0 Å². The molecule has 1 N–H and O–H groups in total. The van der Waals surface area contributed by atoms with Gasteiger partial charge in [-0.15, -0.1) is 0 Å². The Kier molecular flexibility index (Phi) is 6.14. The van der Waals surface area contributed by atoms with Crippen molar-refractivity contribution in [3.05, 3.63) is 34.1 Å². The van der Waals surface area contributed by atoms with E-state index in [2.05, 4.69) is 42.0 Å². The molecule has 1 nitrogen and oxygen atoms in total. The van der Waals surface area contributed by atoms with Crippen molar-refractivity contribution in [2.75, 3.05) is 6.54 Å². The summed E-state index contributed by atoms with van der Waals surface area (Å²) < 4.78 is 14.2. The van der Waals surface area contributed by atoms with E-state index < -0.39 is 0 Å². The van der Waals surface area contributed by atoms with Crippen molar-refractivity contribution < 1.29 is 4.39 Å². The maximum absolute atomic E-state index is 13.2. The summed E-state index contributed by atoms with van der Waals surface area (Å²) in [5.41, 5.74) is 1.06. The van der Waals surface area contributed by atoms with Gasteiger partial charge in [-0.1, -0.05) is 36.2 Å². The van der Waals surface area contributed by atoms with Crippen LogP contribution >= 0.6 is 15.9 Å². The molecule has 1 aromatic carbocycles. The molecule has 0 bridgehead atoms. The summed E-state index contributed by atoms with van der Waals surface area (Å²) in [5.74, 6) is 0.377. The maximum Gasteiger partial charge on any atom is 0.123 e. The van der Waals surface area contributed by atoms with Gasteiger partial charge < -0.3 is 5.32 Å².